The topological polar surface area (TPSA) is 66.9 Å². The number of amides is 1. The van der Waals surface area contributed by atoms with Crippen LogP contribution in [0.2, 0.25) is 0 Å². The van der Waals surface area contributed by atoms with E-state index in [9.17, 15) is 4.79 Å². The second-order valence-corrected chi connectivity index (χ2v) is 8.02. The molecule has 31 heavy (non-hydrogen) atoms. The number of nitrogens with one attached hydrogen (secondary N) is 1. The van der Waals surface area contributed by atoms with E-state index in [4.69, 9.17) is 9.47 Å². The number of nitrogens with zero attached hydrogens (tertiary/aromatic N) is 3. The number of thiazole rings is 1. The molecular weight excluding hydrogens is 412 g/mol. The quantitative estimate of drug-likeness (QED) is 0.610. The summed E-state index contributed by atoms with van der Waals surface area (Å²) in [4.78, 5) is 21.7. The third-order valence-electron chi connectivity index (χ3n) is 5.34. The number of para-hydroxylation sites is 1. The van der Waals surface area contributed by atoms with Gasteiger partial charge in [0, 0.05) is 49.4 Å². The second-order valence-electron chi connectivity index (χ2n) is 7.18. The van der Waals surface area contributed by atoms with Gasteiger partial charge in [-0.05, 0) is 30.3 Å². The molecule has 2 heterocycles. The molecule has 0 radical (unpaired) electrons. The lowest BCUT2D eigenvalue weighted by atomic mass is 10.2. The molecule has 2 aromatic carbocycles. The predicted octanol–water partition coefficient (Wildman–Crippen LogP) is 3.42. The molecule has 0 aliphatic carbocycles. The van der Waals surface area contributed by atoms with Crippen molar-refractivity contribution in [2.75, 3.05) is 50.2 Å². The minimum Gasteiger partial charge on any atom is -0.497 e. The highest BCUT2D eigenvalue weighted by atomic mass is 32.1. The summed E-state index contributed by atoms with van der Waals surface area (Å²) in [5.74, 6) is 1.45. The number of carbonyl (C=O) groups is 1. The van der Waals surface area contributed by atoms with Crippen molar-refractivity contribution in [1.29, 1.82) is 0 Å². The smallest absolute Gasteiger partial charge is 0.271 e. The van der Waals surface area contributed by atoms with Crippen LogP contribution in [0, 0.1) is 0 Å². The Kier molecular flexibility index (Phi) is 6.57. The third kappa shape index (κ3) is 4.91. The van der Waals surface area contributed by atoms with Gasteiger partial charge in [-0.15, -0.1) is 11.3 Å². The molecule has 0 bridgehead atoms. The van der Waals surface area contributed by atoms with Crippen molar-refractivity contribution in [3.63, 3.8) is 0 Å². The molecule has 162 valence electrons. The lowest BCUT2D eigenvalue weighted by Gasteiger charge is -2.36. The second kappa shape index (κ2) is 9.70. The Morgan fingerprint density at radius 1 is 1.00 bits per heavy atom. The minimum absolute atomic E-state index is 0.176. The fraction of sp³-hybridized carbons (Fsp3) is 0.304. The van der Waals surface area contributed by atoms with Gasteiger partial charge < -0.3 is 24.6 Å². The maximum absolute atomic E-state index is 12.6. The summed E-state index contributed by atoms with van der Waals surface area (Å²) >= 11 is 1.51. The van der Waals surface area contributed by atoms with E-state index in [0.29, 0.717) is 12.2 Å². The summed E-state index contributed by atoms with van der Waals surface area (Å²) in [6.45, 7) is 3.93. The lowest BCUT2D eigenvalue weighted by molar-refractivity contribution is 0.0946. The van der Waals surface area contributed by atoms with Crippen LogP contribution >= 0.6 is 11.3 Å². The Labute approximate surface area is 186 Å². The number of aromatic nitrogens is 1. The zero-order valence-corrected chi connectivity index (χ0v) is 18.5. The molecule has 1 aliphatic rings. The van der Waals surface area contributed by atoms with Crippen molar-refractivity contribution >= 4 is 28.1 Å². The van der Waals surface area contributed by atoms with Gasteiger partial charge in [-0.3, -0.25) is 4.79 Å². The first-order chi connectivity index (χ1) is 15.2. The fourth-order valence-electron chi connectivity index (χ4n) is 3.58. The summed E-state index contributed by atoms with van der Waals surface area (Å²) in [5.41, 5.74) is 2.58. The Morgan fingerprint density at radius 3 is 2.42 bits per heavy atom. The van der Waals surface area contributed by atoms with E-state index in [1.54, 1.807) is 14.2 Å². The molecule has 1 amide bonds. The van der Waals surface area contributed by atoms with E-state index in [0.717, 1.165) is 48.4 Å². The van der Waals surface area contributed by atoms with Crippen LogP contribution in [0.3, 0.4) is 0 Å². The van der Waals surface area contributed by atoms with Crippen LogP contribution in [0.5, 0.6) is 11.5 Å². The molecule has 0 unspecified atom stereocenters. The van der Waals surface area contributed by atoms with Crippen molar-refractivity contribution in [3.05, 3.63) is 65.2 Å². The van der Waals surface area contributed by atoms with Crippen LogP contribution in [0.1, 0.15) is 16.1 Å². The van der Waals surface area contributed by atoms with Crippen LogP contribution in [0.15, 0.2) is 53.9 Å². The highest BCUT2D eigenvalue weighted by Crippen LogP contribution is 2.25. The number of methoxy groups -OCH3 is 2. The zero-order valence-electron chi connectivity index (χ0n) is 17.7. The van der Waals surface area contributed by atoms with Gasteiger partial charge in [0.2, 0.25) is 0 Å². The molecule has 0 spiro atoms. The van der Waals surface area contributed by atoms with Crippen LogP contribution < -0.4 is 24.6 Å². The van der Waals surface area contributed by atoms with Gasteiger partial charge in [0.15, 0.2) is 5.13 Å². The highest BCUT2D eigenvalue weighted by molar-refractivity contribution is 7.13. The first kappa shape index (κ1) is 21.0. The molecule has 7 nitrogen and oxygen atoms in total. The van der Waals surface area contributed by atoms with E-state index in [-0.39, 0.29) is 5.91 Å². The average molecular weight is 439 g/mol. The van der Waals surface area contributed by atoms with Gasteiger partial charge in [-0.25, -0.2) is 4.98 Å². The van der Waals surface area contributed by atoms with E-state index in [1.807, 2.05) is 41.8 Å². The van der Waals surface area contributed by atoms with Gasteiger partial charge in [0.05, 0.1) is 14.2 Å². The number of ether oxygens (including phenoxy) is 2. The molecular formula is C23H26N4O3S. The van der Waals surface area contributed by atoms with Gasteiger partial charge >= 0.3 is 0 Å². The largest absolute Gasteiger partial charge is 0.497 e. The van der Waals surface area contributed by atoms with Crippen molar-refractivity contribution in [2.45, 2.75) is 6.54 Å². The summed E-state index contributed by atoms with van der Waals surface area (Å²) < 4.78 is 10.6. The van der Waals surface area contributed by atoms with Gasteiger partial charge in [0.25, 0.3) is 5.91 Å². The van der Waals surface area contributed by atoms with Gasteiger partial charge in [-0.1, -0.05) is 18.2 Å². The lowest BCUT2D eigenvalue weighted by Crippen LogP contribution is -2.46. The number of hydrogen-bond acceptors (Lipinski definition) is 7. The van der Waals surface area contributed by atoms with Crippen LogP contribution in [-0.4, -0.2) is 51.3 Å². The highest BCUT2D eigenvalue weighted by Gasteiger charge is 2.21. The van der Waals surface area contributed by atoms with Crippen LogP contribution in [0.4, 0.5) is 10.8 Å². The average Bonchev–Trinajstić information content (AvgIpc) is 3.33. The van der Waals surface area contributed by atoms with Crippen molar-refractivity contribution in [1.82, 2.24) is 10.3 Å². The molecule has 4 rings (SSSR count). The SMILES string of the molecule is COc1ccc(N2CCN(c3nc(C(=O)NCc4ccccc4OC)cs3)CC2)cc1. The summed E-state index contributed by atoms with van der Waals surface area (Å²) in [5, 5.41) is 5.64. The molecule has 0 saturated carbocycles. The van der Waals surface area contributed by atoms with Crippen LogP contribution in [-0.2, 0) is 6.54 Å². The summed E-state index contributed by atoms with van der Waals surface area (Å²) in [6, 6.07) is 15.8. The Morgan fingerprint density at radius 2 is 1.71 bits per heavy atom. The fourth-order valence-corrected chi connectivity index (χ4v) is 4.44. The predicted molar refractivity (Wildman–Crippen MR) is 124 cm³/mol. The standard InChI is InChI=1S/C23H26N4O3S/c1-29-19-9-7-18(8-10-19)26-11-13-27(14-12-26)23-25-20(16-31-23)22(28)24-15-17-5-3-4-6-21(17)30-2/h3-10,16H,11-15H2,1-2H3,(H,24,28). The van der Waals surface area contributed by atoms with E-state index >= 15 is 0 Å². The number of piperazine rings is 1. The maximum Gasteiger partial charge on any atom is 0.271 e. The van der Waals surface area contributed by atoms with Crippen LogP contribution in [0.25, 0.3) is 0 Å². The minimum atomic E-state index is -0.176. The molecule has 8 heteroatoms. The Bertz CT molecular complexity index is 1010. The maximum atomic E-state index is 12.6. The normalized spacial score (nSPS) is 13.7. The van der Waals surface area contributed by atoms with Crippen molar-refractivity contribution < 1.29 is 14.3 Å². The third-order valence-corrected chi connectivity index (χ3v) is 6.25. The van der Waals surface area contributed by atoms with Crippen molar-refractivity contribution in [3.8, 4) is 11.5 Å². The van der Waals surface area contributed by atoms with E-state index in [1.165, 1.54) is 17.0 Å². The Hall–Kier alpha value is -3.26. The number of rotatable bonds is 7. The van der Waals surface area contributed by atoms with Gasteiger partial charge in [0.1, 0.15) is 17.2 Å². The number of carbonyl (C=O) groups excluding carboxylic acids is 1. The summed E-state index contributed by atoms with van der Waals surface area (Å²) in [7, 11) is 3.30. The van der Waals surface area contributed by atoms with Gasteiger partial charge in [-0.2, -0.15) is 0 Å². The number of hydrogen-bond donors (Lipinski definition) is 1. The molecule has 1 N–H and O–H groups in total. The molecule has 1 saturated heterocycles. The zero-order chi connectivity index (χ0) is 21.6. The molecule has 3 aromatic rings. The monoisotopic (exact) mass is 438 g/mol. The van der Waals surface area contributed by atoms with E-state index in [2.05, 4.69) is 32.2 Å². The molecule has 1 aliphatic heterocycles. The number of benzene rings is 2. The molecule has 1 fully saturated rings. The summed E-state index contributed by atoms with van der Waals surface area (Å²) in [6.07, 6.45) is 0. The van der Waals surface area contributed by atoms with Crippen molar-refractivity contribution in [2.24, 2.45) is 0 Å². The first-order valence-corrected chi connectivity index (χ1v) is 11.1. The molecule has 1 aromatic heterocycles. The van der Waals surface area contributed by atoms with E-state index < -0.39 is 0 Å². The first-order valence-electron chi connectivity index (χ1n) is 10.2. The number of anilines is 2. The molecule has 0 atom stereocenters. The Balaban J connectivity index is 1.32.